The molecule has 0 spiro atoms. The fourth-order valence-corrected chi connectivity index (χ4v) is 2.96. The van der Waals surface area contributed by atoms with E-state index < -0.39 is 15.0 Å². The number of anilines is 2. The number of amides is 1. The molecule has 0 saturated carbocycles. The van der Waals surface area contributed by atoms with Crippen LogP contribution in [0.5, 0.6) is 5.75 Å². The normalized spacial score (nSPS) is 11.4. The van der Waals surface area contributed by atoms with E-state index in [0.717, 1.165) is 6.07 Å². The summed E-state index contributed by atoms with van der Waals surface area (Å²) in [5.74, 6) is -0.703. The standard InChI is InChI=1S/C17H14N2O5S/c18-12-3-1-2-11(6-12)17(21)19-13-5-4-10-7-14(25(22,23)24)9-16(20)15(10)8-13/h1-9,20H,18H2,(H,19,21)(H,22,23,24). The summed E-state index contributed by atoms with van der Waals surface area (Å²) < 4.78 is 31.5. The first kappa shape index (κ1) is 16.7. The van der Waals surface area contributed by atoms with Crippen molar-refractivity contribution in [2.75, 3.05) is 11.1 Å². The van der Waals surface area contributed by atoms with Gasteiger partial charge in [-0.05, 0) is 41.8 Å². The molecule has 0 unspecified atom stereocenters. The van der Waals surface area contributed by atoms with Crippen LogP contribution in [-0.4, -0.2) is 24.0 Å². The van der Waals surface area contributed by atoms with Crippen LogP contribution >= 0.6 is 0 Å². The second kappa shape index (κ2) is 6.08. The van der Waals surface area contributed by atoms with Crippen molar-refractivity contribution < 1.29 is 22.9 Å². The third-order valence-corrected chi connectivity index (χ3v) is 4.44. The molecular weight excluding hydrogens is 344 g/mol. The highest BCUT2D eigenvalue weighted by molar-refractivity contribution is 7.85. The van der Waals surface area contributed by atoms with Gasteiger partial charge >= 0.3 is 0 Å². The largest absolute Gasteiger partial charge is 0.507 e. The van der Waals surface area contributed by atoms with Gasteiger partial charge in [0, 0.05) is 28.4 Å². The summed E-state index contributed by atoms with van der Waals surface area (Å²) in [6, 6.07) is 13.2. The summed E-state index contributed by atoms with van der Waals surface area (Å²) in [4.78, 5) is 11.8. The zero-order valence-corrected chi connectivity index (χ0v) is 13.6. The van der Waals surface area contributed by atoms with E-state index in [1.807, 2.05) is 0 Å². The fourth-order valence-electron chi connectivity index (χ4n) is 2.42. The molecule has 3 rings (SSSR count). The van der Waals surface area contributed by atoms with Gasteiger partial charge in [-0.1, -0.05) is 12.1 Å². The van der Waals surface area contributed by atoms with Gasteiger partial charge in [0.2, 0.25) is 0 Å². The van der Waals surface area contributed by atoms with Gasteiger partial charge in [0.1, 0.15) is 5.75 Å². The van der Waals surface area contributed by atoms with E-state index in [1.165, 1.54) is 24.3 Å². The maximum atomic E-state index is 12.2. The Morgan fingerprint density at radius 2 is 1.80 bits per heavy atom. The minimum Gasteiger partial charge on any atom is -0.507 e. The molecule has 25 heavy (non-hydrogen) atoms. The lowest BCUT2D eigenvalue weighted by molar-refractivity contribution is 0.102. The minimum atomic E-state index is -4.43. The van der Waals surface area contributed by atoms with Gasteiger partial charge in [-0.25, -0.2) is 0 Å². The Labute approximate surface area is 143 Å². The van der Waals surface area contributed by atoms with Gasteiger partial charge in [0.15, 0.2) is 0 Å². The summed E-state index contributed by atoms with van der Waals surface area (Å²) in [5, 5.41) is 13.4. The predicted molar refractivity (Wildman–Crippen MR) is 94.2 cm³/mol. The van der Waals surface area contributed by atoms with Crippen molar-refractivity contribution in [2.45, 2.75) is 4.90 Å². The quantitative estimate of drug-likeness (QED) is 0.421. The first-order chi connectivity index (χ1) is 11.7. The van der Waals surface area contributed by atoms with E-state index in [-0.39, 0.29) is 11.7 Å². The maximum Gasteiger partial charge on any atom is 0.294 e. The number of rotatable bonds is 3. The molecule has 3 aromatic carbocycles. The molecule has 0 radical (unpaired) electrons. The predicted octanol–water partition coefficient (Wildman–Crippen LogP) is 2.63. The monoisotopic (exact) mass is 358 g/mol. The molecule has 0 aliphatic heterocycles. The van der Waals surface area contributed by atoms with E-state index in [2.05, 4.69) is 5.32 Å². The van der Waals surface area contributed by atoms with E-state index in [9.17, 15) is 18.3 Å². The van der Waals surface area contributed by atoms with Crippen LogP contribution in [0, 0.1) is 0 Å². The smallest absolute Gasteiger partial charge is 0.294 e. The Morgan fingerprint density at radius 3 is 2.48 bits per heavy atom. The number of benzene rings is 3. The molecular formula is C17H14N2O5S. The lowest BCUT2D eigenvalue weighted by Crippen LogP contribution is -2.12. The van der Waals surface area contributed by atoms with Gasteiger partial charge in [0.25, 0.3) is 16.0 Å². The van der Waals surface area contributed by atoms with Crippen LogP contribution in [0.15, 0.2) is 59.5 Å². The maximum absolute atomic E-state index is 12.2. The molecule has 0 bridgehead atoms. The molecule has 128 valence electrons. The number of nitrogens with two attached hydrogens (primary N) is 1. The van der Waals surface area contributed by atoms with E-state index >= 15 is 0 Å². The van der Waals surface area contributed by atoms with Crippen LogP contribution in [-0.2, 0) is 10.1 Å². The highest BCUT2D eigenvalue weighted by atomic mass is 32.2. The SMILES string of the molecule is Nc1cccc(C(=O)Nc2ccc3cc(S(=O)(=O)O)cc(O)c3c2)c1. The van der Waals surface area contributed by atoms with Gasteiger partial charge in [0.05, 0.1) is 4.90 Å². The molecule has 0 saturated heterocycles. The van der Waals surface area contributed by atoms with Crippen LogP contribution in [0.1, 0.15) is 10.4 Å². The number of hydrogen-bond donors (Lipinski definition) is 4. The Morgan fingerprint density at radius 1 is 1.04 bits per heavy atom. The van der Waals surface area contributed by atoms with E-state index in [0.29, 0.717) is 27.7 Å². The number of nitrogen functional groups attached to an aromatic ring is 1. The summed E-state index contributed by atoms with van der Waals surface area (Å²) in [6.45, 7) is 0. The Kier molecular flexibility index (Phi) is 4.07. The van der Waals surface area contributed by atoms with Crippen molar-refractivity contribution in [3.8, 4) is 5.75 Å². The van der Waals surface area contributed by atoms with Crippen molar-refractivity contribution in [3.05, 3.63) is 60.2 Å². The number of carbonyl (C=O) groups excluding carboxylic acids is 1. The fraction of sp³-hybridized carbons (Fsp3) is 0. The van der Waals surface area contributed by atoms with Crippen LogP contribution in [0.2, 0.25) is 0 Å². The van der Waals surface area contributed by atoms with E-state index in [4.69, 9.17) is 10.3 Å². The molecule has 5 N–H and O–H groups in total. The first-order valence-electron chi connectivity index (χ1n) is 7.15. The molecule has 7 nitrogen and oxygen atoms in total. The summed E-state index contributed by atoms with van der Waals surface area (Å²) in [6.07, 6.45) is 0. The Bertz CT molecular complexity index is 1090. The molecule has 0 heterocycles. The van der Waals surface area contributed by atoms with Crippen molar-refractivity contribution in [3.63, 3.8) is 0 Å². The third-order valence-electron chi connectivity index (χ3n) is 3.61. The van der Waals surface area contributed by atoms with Crippen molar-refractivity contribution >= 4 is 38.2 Å². The van der Waals surface area contributed by atoms with Crippen molar-refractivity contribution in [2.24, 2.45) is 0 Å². The van der Waals surface area contributed by atoms with Crippen LogP contribution in [0.4, 0.5) is 11.4 Å². The number of nitrogens with one attached hydrogen (secondary N) is 1. The van der Waals surface area contributed by atoms with Crippen LogP contribution < -0.4 is 11.1 Å². The molecule has 0 aliphatic rings. The van der Waals surface area contributed by atoms with Gasteiger partial charge in [-0.15, -0.1) is 0 Å². The molecule has 0 fully saturated rings. The van der Waals surface area contributed by atoms with Crippen molar-refractivity contribution in [1.29, 1.82) is 0 Å². The van der Waals surface area contributed by atoms with Crippen LogP contribution in [0.25, 0.3) is 10.8 Å². The third kappa shape index (κ3) is 3.54. The lowest BCUT2D eigenvalue weighted by Gasteiger charge is -2.09. The van der Waals surface area contributed by atoms with Gasteiger partial charge < -0.3 is 16.2 Å². The number of aromatic hydroxyl groups is 1. The number of carbonyl (C=O) groups is 1. The number of phenolic OH excluding ortho intramolecular Hbond substituents is 1. The summed E-state index contributed by atoms with van der Waals surface area (Å²) in [7, 11) is -4.43. The summed E-state index contributed by atoms with van der Waals surface area (Å²) >= 11 is 0. The number of fused-ring (bicyclic) bond motifs is 1. The second-order valence-electron chi connectivity index (χ2n) is 5.43. The highest BCUT2D eigenvalue weighted by Gasteiger charge is 2.14. The molecule has 1 amide bonds. The average Bonchev–Trinajstić information content (AvgIpc) is 2.54. The zero-order chi connectivity index (χ0) is 18.2. The molecule has 0 atom stereocenters. The van der Waals surface area contributed by atoms with Crippen LogP contribution in [0.3, 0.4) is 0 Å². The number of phenols is 1. The number of hydrogen-bond acceptors (Lipinski definition) is 5. The minimum absolute atomic E-state index is 0.329. The molecule has 8 heteroatoms. The zero-order valence-electron chi connectivity index (χ0n) is 12.8. The average molecular weight is 358 g/mol. The van der Waals surface area contributed by atoms with Gasteiger partial charge in [-0.3, -0.25) is 9.35 Å². The molecule has 0 aromatic heterocycles. The Balaban J connectivity index is 1.96. The van der Waals surface area contributed by atoms with Gasteiger partial charge in [-0.2, -0.15) is 8.42 Å². The Hall–Kier alpha value is -3.10. The highest BCUT2D eigenvalue weighted by Crippen LogP contribution is 2.31. The topological polar surface area (TPSA) is 130 Å². The first-order valence-corrected chi connectivity index (χ1v) is 8.59. The molecule has 0 aliphatic carbocycles. The lowest BCUT2D eigenvalue weighted by atomic mass is 10.1. The van der Waals surface area contributed by atoms with Crippen molar-refractivity contribution in [1.82, 2.24) is 0 Å². The molecule has 3 aromatic rings. The summed E-state index contributed by atoms with van der Waals surface area (Å²) in [5.41, 5.74) is 6.90. The second-order valence-corrected chi connectivity index (χ2v) is 6.85. The van der Waals surface area contributed by atoms with E-state index in [1.54, 1.807) is 24.3 Å².